The van der Waals surface area contributed by atoms with E-state index in [-0.39, 0.29) is 17.9 Å². The van der Waals surface area contributed by atoms with Gasteiger partial charge in [-0.25, -0.2) is 0 Å². The van der Waals surface area contributed by atoms with Crippen LogP contribution in [0.3, 0.4) is 0 Å². The molecule has 6 nitrogen and oxygen atoms in total. The van der Waals surface area contributed by atoms with Crippen LogP contribution < -0.4 is 10.6 Å². The molecule has 0 aliphatic rings. The molecule has 116 valence electrons. The quantitative estimate of drug-likeness (QED) is 0.855. The normalized spacial score (nSPS) is 11.8. The summed E-state index contributed by atoms with van der Waals surface area (Å²) in [5, 5.41) is 9.69. The molecule has 2 amide bonds. The highest BCUT2D eigenvalue weighted by Crippen LogP contribution is 2.19. The lowest BCUT2D eigenvalue weighted by Gasteiger charge is -2.15. The number of carbonyl (C=O) groups is 2. The summed E-state index contributed by atoms with van der Waals surface area (Å²) in [7, 11) is 0. The van der Waals surface area contributed by atoms with Gasteiger partial charge in [-0.2, -0.15) is 5.10 Å². The van der Waals surface area contributed by atoms with Gasteiger partial charge in [-0.15, -0.1) is 0 Å². The summed E-state index contributed by atoms with van der Waals surface area (Å²) in [5.41, 5.74) is 1.36. The molecule has 0 saturated carbocycles. The van der Waals surface area contributed by atoms with Crippen molar-refractivity contribution in [3.8, 4) is 0 Å². The Morgan fingerprint density at radius 3 is 2.27 bits per heavy atom. The Bertz CT molecular complexity index is 666. The molecule has 0 saturated heterocycles. The number of amides is 2. The van der Waals surface area contributed by atoms with Crippen molar-refractivity contribution < 1.29 is 9.59 Å². The van der Waals surface area contributed by atoms with E-state index in [1.54, 1.807) is 41.3 Å². The lowest BCUT2D eigenvalue weighted by Crippen LogP contribution is -2.25. The highest BCUT2D eigenvalue weighted by Gasteiger charge is 2.19. The van der Waals surface area contributed by atoms with Crippen molar-refractivity contribution in [3.05, 3.63) is 41.1 Å². The van der Waals surface area contributed by atoms with Crippen LogP contribution in [0.5, 0.6) is 0 Å². The van der Waals surface area contributed by atoms with Crippen molar-refractivity contribution >= 4 is 39.1 Å². The standard InChI is InChI=1S/C15H17BrN4O2/c1-3-14(20-9-11(16)8-17-20)15(22)19-13-6-4-12(5-7-13)18-10(2)21/h4-9,14H,3H2,1-2H3,(H,18,21)(H,19,22). The van der Waals surface area contributed by atoms with E-state index in [4.69, 9.17) is 0 Å². The van der Waals surface area contributed by atoms with Crippen LogP contribution in [-0.4, -0.2) is 21.6 Å². The highest BCUT2D eigenvalue weighted by atomic mass is 79.9. The van der Waals surface area contributed by atoms with Crippen LogP contribution in [-0.2, 0) is 9.59 Å². The SMILES string of the molecule is CCC(C(=O)Nc1ccc(NC(C)=O)cc1)n1cc(Br)cn1. The number of anilines is 2. The summed E-state index contributed by atoms with van der Waals surface area (Å²) in [6, 6.07) is 6.59. The minimum Gasteiger partial charge on any atom is -0.326 e. The van der Waals surface area contributed by atoms with Crippen LogP contribution in [0.1, 0.15) is 26.3 Å². The smallest absolute Gasteiger partial charge is 0.249 e. The third-order valence-corrected chi connectivity index (χ3v) is 3.46. The van der Waals surface area contributed by atoms with E-state index >= 15 is 0 Å². The fourth-order valence-corrected chi connectivity index (χ4v) is 2.34. The van der Waals surface area contributed by atoms with Gasteiger partial charge in [0.05, 0.1) is 10.7 Å². The van der Waals surface area contributed by atoms with E-state index < -0.39 is 0 Å². The van der Waals surface area contributed by atoms with Crippen LogP contribution in [0.4, 0.5) is 11.4 Å². The number of nitrogens with zero attached hydrogens (tertiary/aromatic N) is 2. The number of hydrogen-bond acceptors (Lipinski definition) is 3. The lowest BCUT2D eigenvalue weighted by atomic mass is 10.2. The number of aromatic nitrogens is 2. The van der Waals surface area contributed by atoms with E-state index in [0.29, 0.717) is 17.8 Å². The molecule has 1 heterocycles. The second-order valence-electron chi connectivity index (χ2n) is 4.81. The summed E-state index contributed by atoms with van der Waals surface area (Å²) in [6.45, 7) is 3.38. The maximum absolute atomic E-state index is 12.4. The Morgan fingerprint density at radius 1 is 1.23 bits per heavy atom. The van der Waals surface area contributed by atoms with E-state index in [9.17, 15) is 9.59 Å². The highest BCUT2D eigenvalue weighted by molar-refractivity contribution is 9.10. The zero-order chi connectivity index (χ0) is 16.1. The molecule has 2 rings (SSSR count). The molecule has 1 aromatic heterocycles. The minimum absolute atomic E-state index is 0.132. The van der Waals surface area contributed by atoms with Gasteiger partial charge in [0.1, 0.15) is 6.04 Å². The molecule has 0 aliphatic carbocycles. The predicted octanol–water partition coefficient (Wildman–Crippen LogP) is 3.19. The van der Waals surface area contributed by atoms with Gasteiger partial charge in [-0.05, 0) is 46.6 Å². The molecule has 22 heavy (non-hydrogen) atoms. The third kappa shape index (κ3) is 4.17. The monoisotopic (exact) mass is 364 g/mol. The summed E-state index contributed by atoms with van der Waals surface area (Å²) >= 11 is 3.32. The summed E-state index contributed by atoms with van der Waals surface area (Å²) in [6.07, 6.45) is 4.05. The first kappa shape index (κ1) is 16.2. The van der Waals surface area contributed by atoms with Gasteiger partial charge in [0.25, 0.3) is 0 Å². The Morgan fingerprint density at radius 2 is 1.82 bits per heavy atom. The van der Waals surface area contributed by atoms with Crippen molar-refractivity contribution in [2.75, 3.05) is 10.6 Å². The first-order valence-corrected chi connectivity index (χ1v) is 7.67. The van der Waals surface area contributed by atoms with Crippen molar-refractivity contribution in [2.45, 2.75) is 26.3 Å². The molecule has 1 unspecified atom stereocenters. The molecule has 2 aromatic rings. The zero-order valence-corrected chi connectivity index (χ0v) is 13.9. The van der Waals surface area contributed by atoms with Crippen molar-refractivity contribution in [1.29, 1.82) is 0 Å². The topological polar surface area (TPSA) is 76.0 Å². The fourth-order valence-electron chi connectivity index (χ4n) is 2.04. The van der Waals surface area contributed by atoms with E-state index in [1.807, 2.05) is 6.92 Å². The molecule has 0 radical (unpaired) electrons. The Balaban J connectivity index is 2.05. The largest absolute Gasteiger partial charge is 0.326 e. The number of carbonyl (C=O) groups excluding carboxylic acids is 2. The molecule has 1 atom stereocenters. The number of halogens is 1. The maximum atomic E-state index is 12.4. The average molecular weight is 365 g/mol. The van der Waals surface area contributed by atoms with Crippen LogP contribution in [0, 0.1) is 0 Å². The fraction of sp³-hybridized carbons (Fsp3) is 0.267. The third-order valence-electron chi connectivity index (χ3n) is 3.05. The first-order valence-electron chi connectivity index (χ1n) is 6.87. The Kier molecular flexibility index (Phi) is 5.32. The second-order valence-corrected chi connectivity index (χ2v) is 5.73. The first-order chi connectivity index (χ1) is 10.5. The van der Waals surface area contributed by atoms with Crippen molar-refractivity contribution in [1.82, 2.24) is 9.78 Å². The molecular weight excluding hydrogens is 348 g/mol. The van der Waals surface area contributed by atoms with Gasteiger partial charge in [-0.1, -0.05) is 6.92 Å². The molecule has 2 N–H and O–H groups in total. The molecule has 1 aromatic carbocycles. The van der Waals surface area contributed by atoms with Crippen LogP contribution in [0.2, 0.25) is 0 Å². The predicted molar refractivity (Wildman–Crippen MR) is 88.6 cm³/mol. The summed E-state index contributed by atoms with van der Waals surface area (Å²) < 4.78 is 2.46. The molecule has 7 heteroatoms. The zero-order valence-electron chi connectivity index (χ0n) is 12.3. The number of rotatable bonds is 5. The van der Waals surface area contributed by atoms with Gasteiger partial charge in [-0.3, -0.25) is 14.3 Å². The second kappa shape index (κ2) is 7.22. The van der Waals surface area contributed by atoms with E-state index in [1.165, 1.54) is 6.92 Å². The Hall–Kier alpha value is -2.15. The summed E-state index contributed by atoms with van der Waals surface area (Å²) in [4.78, 5) is 23.3. The molecule has 0 aliphatic heterocycles. The maximum Gasteiger partial charge on any atom is 0.249 e. The molecule has 0 bridgehead atoms. The lowest BCUT2D eigenvalue weighted by molar-refractivity contribution is -0.119. The van der Waals surface area contributed by atoms with E-state index in [2.05, 4.69) is 31.7 Å². The van der Waals surface area contributed by atoms with Crippen LogP contribution in [0.25, 0.3) is 0 Å². The summed E-state index contributed by atoms with van der Waals surface area (Å²) in [5.74, 6) is -0.266. The average Bonchev–Trinajstić information content (AvgIpc) is 2.87. The number of benzene rings is 1. The Labute approximate surface area is 137 Å². The van der Waals surface area contributed by atoms with Gasteiger partial charge in [0.2, 0.25) is 11.8 Å². The van der Waals surface area contributed by atoms with Crippen molar-refractivity contribution in [3.63, 3.8) is 0 Å². The van der Waals surface area contributed by atoms with Gasteiger partial charge >= 0.3 is 0 Å². The van der Waals surface area contributed by atoms with Crippen LogP contribution >= 0.6 is 15.9 Å². The number of hydrogen-bond donors (Lipinski definition) is 2. The van der Waals surface area contributed by atoms with Gasteiger partial charge in [0, 0.05) is 24.5 Å². The molecular formula is C15H17BrN4O2. The van der Waals surface area contributed by atoms with E-state index in [0.717, 1.165) is 4.47 Å². The van der Waals surface area contributed by atoms with Crippen molar-refractivity contribution in [2.24, 2.45) is 0 Å². The number of nitrogens with one attached hydrogen (secondary N) is 2. The van der Waals surface area contributed by atoms with Crippen LogP contribution in [0.15, 0.2) is 41.1 Å². The minimum atomic E-state index is -0.374. The van der Waals surface area contributed by atoms with Gasteiger partial charge in [0.15, 0.2) is 0 Å². The molecule has 0 fully saturated rings. The molecule has 0 spiro atoms. The van der Waals surface area contributed by atoms with Gasteiger partial charge < -0.3 is 10.6 Å².